The van der Waals surface area contributed by atoms with E-state index in [4.69, 9.17) is 9.73 Å². The van der Waals surface area contributed by atoms with Crippen molar-refractivity contribution in [3.8, 4) is 0 Å². The molecule has 0 fully saturated rings. The molecule has 0 aromatic rings. The molecule has 2 atom stereocenters. The van der Waals surface area contributed by atoms with Crippen LogP contribution in [-0.2, 0) is 9.53 Å². The van der Waals surface area contributed by atoms with E-state index in [0.29, 0.717) is 13.2 Å². The van der Waals surface area contributed by atoms with Gasteiger partial charge < -0.3 is 14.7 Å². The summed E-state index contributed by atoms with van der Waals surface area (Å²) in [6.07, 6.45) is 22.5. The molecule has 1 aliphatic rings. The summed E-state index contributed by atoms with van der Waals surface area (Å²) in [4.78, 5) is 19.3. The third-order valence-corrected chi connectivity index (χ3v) is 6.71. The van der Waals surface area contributed by atoms with E-state index in [9.17, 15) is 9.90 Å². The number of unbranched alkanes of at least 4 members (excludes halogenated alkanes) is 11. The lowest BCUT2D eigenvalue weighted by Gasteiger charge is -2.29. The fourth-order valence-corrected chi connectivity index (χ4v) is 4.67. The zero-order chi connectivity index (χ0) is 24.2. The monoisotopic (exact) mass is 464 g/mol. The van der Waals surface area contributed by atoms with E-state index in [1.54, 1.807) is 0 Å². The van der Waals surface area contributed by atoms with Crippen LogP contribution < -0.4 is 0 Å². The Balaban J connectivity index is 2.24. The maximum absolute atomic E-state index is 12.4. The maximum atomic E-state index is 12.4. The van der Waals surface area contributed by atoms with Crippen molar-refractivity contribution in [1.82, 2.24) is 4.90 Å². The molecule has 0 bridgehead atoms. The van der Waals surface area contributed by atoms with Gasteiger partial charge in [0.15, 0.2) is 0 Å². The second kappa shape index (κ2) is 20.1. The van der Waals surface area contributed by atoms with E-state index < -0.39 is 0 Å². The number of esters is 1. The summed E-state index contributed by atoms with van der Waals surface area (Å²) in [5.74, 6) is 0.761. The van der Waals surface area contributed by atoms with Crippen molar-refractivity contribution < 1.29 is 14.6 Å². The summed E-state index contributed by atoms with van der Waals surface area (Å²) >= 11 is 0. The number of ether oxygens (including phenoxy) is 1. The fraction of sp³-hybridized carbons (Fsp3) is 0.857. The maximum Gasteiger partial charge on any atom is 0.309 e. The van der Waals surface area contributed by atoms with Crippen LogP contribution in [0.3, 0.4) is 0 Å². The minimum Gasteiger partial charge on any atom is -0.466 e. The molecule has 1 heterocycles. The summed E-state index contributed by atoms with van der Waals surface area (Å²) in [6, 6.07) is 0. The molecule has 0 radical (unpaired) electrons. The lowest BCUT2D eigenvalue weighted by atomic mass is 9.87. The second-order valence-corrected chi connectivity index (χ2v) is 9.47. The summed E-state index contributed by atoms with van der Waals surface area (Å²) in [6.45, 7) is 8.82. The number of hydrogen-bond acceptors (Lipinski definition) is 5. The molecule has 5 heteroatoms. The van der Waals surface area contributed by atoms with Crippen molar-refractivity contribution in [2.45, 2.75) is 111 Å². The zero-order valence-corrected chi connectivity index (χ0v) is 21.9. The number of aliphatic imine (C=N–C) groups is 1. The Hall–Kier alpha value is -1.36. The quantitative estimate of drug-likeness (QED) is 0.119. The van der Waals surface area contributed by atoms with Crippen molar-refractivity contribution in [2.75, 3.05) is 32.8 Å². The van der Waals surface area contributed by atoms with E-state index in [0.717, 1.165) is 31.8 Å². The van der Waals surface area contributed by atoms with E-state index in [1.165, 1.54) is 77.0 Å². The van der Waals surface area contributed by atoms with Crippen molar-refractivity contribution >= 4 is 11.8 Å². The number of aliphatic hydroxyl groups excluding tert-OH is 1. The average Bonchev–Trinajstić information content (AvgIpc) is 3.27. The Morgan fingerprint density at radius 2 is 1.61 bits per heavy atom. The van der Waals surface area contributed by atoms with Gasteiger partial charge in [-0.05, 0) is 39.0 Å². The van der Waals surface area contributed by atoms with Crippen LogP contribution in [0.5, 0.6) is 0 Å². The molecule has 1 N–H and O–H groups in total. The molecule has 0 aromatic heterocycles. The standard InChI is InChI=1S/C28H52N2O3/c1-4-6-7-8-9-10-11-12-13-14-15-16-17-18-19-20-26(25(3)28(32)33-5-2)27-29-21-22-30(27)23-24-31/h12-13,25-26,31H,4-11,14-24H2,1-3H3/b13-12-. The van der Waals surface area contributed by atoms with Gasteiger partial charge in [-0.2, -0.15) is 0 Å². The molecular formula is C28H52N2O3. The SMILES string of the molecule is CCCCCCCC/C=C\CCCCCCCC(C1=NCCN1CCO)C(C)C(=O)OCC. The topological polar surface area (TPSA) is 62.1 Å². The molecule has 1 aliphatic heterocycles. The van der Waals surface area contributed by atoms with Crippen LogP contribution in [0.4, 0.5) is 0 Å². The highest BCUT2D eigenvalue weighted by atomic mass is 16.5. The highest BCUT2D eigenvalue weighted by Gasteiger charge is 2.33. The van der Waals surface area contributed by atoms with Crippen LogP contribution >= 0.6 is 0 Å². The third-order valence-electron chi connectivity index (χ3n) is 6.71. The van der Waals surface area contributed by atoms with Crippen LogP contribution in [0.1, 0.15) is 111 Å². The van der Waals surface area contributed by atoms with Gasteiger partial charge in [0.05, 0.1) is 25.7 Å². The summed E-state index contributed by atoms with van der Waals surface area (Å²) in [7, 11) is 0. The lowest BCUT2D eigenvalue weighted by Crippen LogP contribution is -2.40. The molecule has 2 unspecified atom stereocenters. The number of allylic oxidation sites excluding steroid dienone is 2. The zero-order valence-electron chi connectivity index (χ0n) is 21.9. The minimum atomic E-state index is -0.195. The number of carbonyl (C=O) groups excluding carboxylic acids is 1. The Morgan fingerprint density at radius 3 is 2.21 bits per heavy atom. The first-order chi connectivity index (χ1) is 16.2. The van der Waals surface area contributed by atoms with Crippen molar-refractivity contribution in [2.24, 2.45) is 16.8 Å². The van der Waals surface area contributed by atoms with E-state index in [-0.39, 0.29) is 24.4 Å². The van der Waals surface area contributed by atoms with Gasteiger partial charge in [0.1, 0.15) is 5.84 Å². The summed E-state index contributed by atoms with van der Waals surface area (Å²) < 4.78 is 5.30. The molecule has 0 aromatic carbocycles. The number of carbonyl (C=O) groups is 1. The number of hydrogen-bond donors (Lipinski definition) is 1. The Bertz CT molecular complexity index is 547. The Morgan fingerprint density at radius 1 is 1.00 bits per heavy atom. The molecular weight excluding hydrogens is 412 g/mol. The Kier molecular flexibility index (Phi) is 18.0. The van der Waals surface area contributed by atoms with Crippen LogP contribution in [0.15, 0.2) is 17.1 Å². The molecule has 5 nitrogen and oxygen atoms in total. The van der Waals surface area contributed by atoms with E-state index in [1.807, 2.05) is 13.8 Å². The predicted octanol–water partition coefficient (Wildman–Crippen LogP) is 6.55. The highest BCUT2D eigenvalue weighted by molar-refractivity contribution is 5.90. The molecule has 0 aliphatic carbocycles. The first kappa shape index (κ1) is 29.7. The number of amidine groups is 1. The van der Waals surface area contributed by atoms with Gasteiger partial charge in [-0.1, -0.05) is 83.8 Å². The van der Waals surface area contributed by atoms with Crippen LogP contribution in [0, 0.1) is 11.8 Å². The van der Waals surface area contributed by atoms with Gasteiger partial charge in [-0.25, -0.2) is 0 Å². The summed E-state index contributed by atoms with van der Waals surface area (Å²) in [5, 5.41) is 9.38. The van der Waals surface area contributed by atoms with Crippen LogP contribution in [0.25, 0.3) is 0 Å². The van der Waals surface area contributed by atoms with Crippen LogP contribution in [-0.4, -0.2) is 54.7 Å². The van der Waals surface area contributed by atoms with Gasteiger partial charge in [-0.3, -0.25) is 9.79 Å². The third kappa shape index (κ3) is 13.2. The number of aliphatic hydroxyl groups is 1. The average molecular weight is 465 g/mol. The molecule has 0 spiro atoms. The molecule has 1 rings (SSSR count). The van der Waals surface area contributed by atoms with Gasteiger partial charge in [-0.15, -0.1) is 0 Å². The van der Waals surface area contributed by atoms with Gasteiger partial charge in [0.2, 0.25) is 0 Å². The van der Waals surface area contributed by atoms with Gasteiger partial charge in [0, 0.05) is 19.0 Å². The molecule has 192 valence electrons. The normalized spacial score (nSPS) is 15.8. The van der Waals surface area contributed by atoms with Gasteiger partial charge >= 0.3 is 5.97 Å². The first-order valence-corrected chi connectivity index (χ1v) is 13.9. The summed E-state index contributed by atoms with van der Waals surface area (Å²) in [5.41, 5.74) is 0. The molecule has 0 amide bonds. The van der Waals surface area contributed by atoms with E-state index >= 15 is 0 Å². The highest BCUT2D eigenvalue weighted by Crippen LogP contribution is 2.26. The van der Waals surface area contributed by atoms with Crippen LogP contribution in [0.2, 0.25) is 0 Å². The largest absolute Gasteiger partial charge is 0.466 e. The predicted molar refractivity (Wildman–Crippen MR) is 140 cm³/mol. The lowest BCUT2D eigenvalue weighted by molar-refractivity contribution is -0.148. The second-order valence-electron chi connectivity index (χ2n) is 9.47. The fourth-order valence-electron chi connectivity index (χ4n) is 4.67. The smallest absolute Gasteiger partial charge is 0.309 e. The molecule has 0 saturated heterocycles. The molecule has 33 heavy (non-hydrogen) atoms. The first-order valence-electron chi connectivity index (χ1n) is 13.9. The number of nitrogens with zero attached hydrogens (tertiary/aromatic N) is 2. The number of rotatable bonds is 21. The van der Waals surface area contributed by atoms with Crippen molar-refractivity contribution in [3.63, 3.8) is 0 Å². The van der Waals surface area contributed by atoms with Crippen molar-refractivity contribution in [3.05, 3.63) is 12.2 Å². The van der Waals surface area contributed by atoms with E-state index in [2.05, 4.69) is 24.0 Å². The molecule has 0 saturated carbocycles. The van der Waals surface area contributed by atoms with Gasteiger partial charge in [0.25, 0.3) is 0 Å². The number of β-amino-alcohol motifs (C(OH)–C–C–N with tert-alkyl or cyclic N) is 1. The van der Waals surface area contributed by atoms with Crippen molar-refractivity contribution in [1.29, 1.82) is 0 Å². The Labute approximate surface area is 204 Å². The minimum absolute atomic E-state index is 0.0861.